The van der Waals surface area contributed by atoms with E-state index in [0.717, 1.165) is 9.47 Å². The number of amides is 1. The summed E-state index contributed by atoms with van der Waals surface area (Å²) in [6.45, 7) is 4.30. The van der Waals surface area contributed by atoms with Crippen LogP contribution in [0, 0.1) is 0 Å². The molecule has 2 rings (SSSR count). The minimum atomic E-state index is -0.0667. The molecule has 1 aromatic carbocycles. The predicted octanol–water partition coefficient (Wildman–Crippen LogP) is 4.89. The fourth-order valence-corrected chi connectivity index (χ4v) is 2.86. The molecule has 2 aromatic rings. The van der Waals surface area contributed by atoms with Crippen molar-refractivity contribution < 1.29 is 4.79 Å². The summed E-state index contributed by atoms with van der Waals surface area (Å²) in [5, 5.41) is 2.89. The number of hydrogen-bond donors (Lipinski definition) is 1. The highest BCUT2D eigenvalue weighted by molar-refractivity contribution is 9.11. The number of benzene rings is 1. The number of thiophene rings is 1. The van der Waals surface area contributed by atoms with Gasteiger partial charge in [-0.05, 0) is 51.7 Å². The van der Waals surface area contributed by atoms with Gasteiger partial charge in [-0.3, -0.25) is 4.79 Å². The largest absolute Gasteiger partial charge is 0.321 e. The van der Waals surface area contributed by atoms with Crippen molar-refractivity contribution in [2.45, 2.75) is 19.8 Å². The van der Waals surface area contributed by atoms with E-state index in [1.807, 2.05) is 36.4 Å². The third kappa shape index (κ3) is 3.21. The minimum absolute atomic E-state index is 0.0667. The molecule has 1 amide bonds. The van der Waals surface area contributed by atoms with Crippen molar-refractivity contribution >= 4 is 38.9 Å². The molecule has 94 valence electrons. The first kappa shape index (κ1) is 13.3. The predicted molar refractivity (Wildman–Crippen MR) is 80.5 cm³/mol. The van der Waals surface area contributed by atoms with Crippen LogP contribution < -0.4 is 5.32 Å². The van der Waals surface area contributed by atoms with E-state index in [-0.39, 0.29) is 5.91 Å². The summed E-state index contributed by atoms with van der Waals surface area (Å²) >= 11 is 4.78. The van der Waals surface area contributed by atoms with E-state index >= 15 is 0 Å². The first-order valence-corrected chi connectivity index (χ1v) is 7.34. The number of rotatable bonds is 3. The molecule has 0 unspecified atom stereocenters. The van der Waals surface area contributed by atoms with E-state index < -0.39 is 0 Å². The van der Waals surface area contributed by atoms with Gasteiger partial charge in [0.15, 0.2) is 0 Å². The number of carbonyl (C=O) groups excluding carboxylic acids is 1. The second-order valence-electron chi connectivity index (χ2n) is 4.33. The quantitative estimate of drug-likeness (QED) is 0.856. The van der Waals surface area contributed by atoms with E-state index in [1.165, 1.54) is 16.9 Å². The van der Waals surface area contributed by atoms with Crippen molar-refractivity contribution in [2.75, 3.05) is 5.32 Å². The maximum absolute atomic E-state index is 11.9. The van der Waals surface area contributed by atoms with Crippen LogP contribution in [0.1, 0.15) is 35.0 Å². The molecule has 4 heteroatoms. The Morgan fingerprint density at radius 2 is 1.83 bits per heavy atom. The Hall–Kier alpha value is -1.13. The normalized spacial score (nSPS) is 10.7. The molecule has 0 aliphatic carbocycles. The van der Waals surface area contributed by atoms with Crippen LogP contribution in [0.25, 0.3) is 0 Å². The second kappa shape index (κ2) is 5.67. The maximum atomic E-state index is 11.9. The summed E-state index contributed by atoms with van der Waals surface area (Å²) in [5.74, 6) is 0.436. The lowest BCUT2D eigenvalue weighted by Crippen LogP contribution is -2.09. The Kier molecular flexibility index (Phi) is 4.19. The molecule has 0 spiro atoms. The van der Waals surface area contributed by atoms with Crippen LogP contribution in [0.15, 0.2) is 40.2 Å². The molecule has 0 saturated carbocycles. The van der Waals surface area contributed by atoms with Crippen molar-refractivity contribution in [1.29, 1.82) is 0 Å². The van der Waals surface area contributed by atoms with Gasteiger partial charge < -0.3 is 5.32 Å². The molecule has 1 N–H and O–H groups in total. The van der Waals surface area contributed by atoms with Gasteiger partial charge in [0.25, 0.3) is 5.91 Å². The van der Waals surface area contributed by atoms with Gasteiger partial charge in [-0.25, -0.2) is 0 Å². The minimum Gasteiger partial charge on any atom is -0.321 e. The summed E-state index contributed by atoms with van der Waals surface area (Å²) in [5.41, 5.74) is 2.10. The first-order chi connectivity index (χ1) is 8.56. The first-order valence-electron chi connectivity index (χ1n) is 5.73. The topological polar surface area (TPSA) is 29.1 Å². The van der Waals surface area contributed by atoms with E-state index in [0.29, 0.717) is 10.8 Å². The zero-order chi connectivity index (χ0) is 13.1. The number of anilines is 1. The summed E-state index contributed by atoms with van der Waals surface area (Å²) in [4.78, 5) is 12.6. The number of halogens is 1. The lowest BCUT2D eigenvalue weighted by atomic mass is 10.0. The number of hydrogen-bond acceptors (Lipinski definition) is 2. The van der Waals surface area contributed by atoms with Crippen LogP contribution >= 0.6 is 27.3 Å². The fourth-order valence-electron chi connectivity index (χ4n) is 1.58. The highest BCUT2D eigenvalue weighted by Gasteiger charge is 2.08. The molecular formula is C14H14BrNOS. The standard InChI is InChI=1S/C14H14BrNOS/c1-9(2)10-3-5-11(6-4-10)16-14(17)12-7-8-13(15)18-12/h3-9H,1-2H3,(H,16,17). The Labute approximate surface area is 119 Å². The fraction of sp³-hybridized carbons (Fsp3) is 0.214. The highest BCUT2D eigenvalue weighted by atomic mass is 79.9. The zero-order valence-electron chi connectivity index (χ0n) is 10.2. The summed E-state index contributed by atoms with van der Waals surface area (Å²) in [6, 6.07) is 11.7. The van der Waals surface area contributed by atoms with Crippen molar-refractivity contribution in [3.63, 3.8) is 0 Å². The summed E-state index contributed by atoms with van der Waals surface area (Å²) < 4.78 is 0.961. The van der Waals surface area contributed by atoms with E-state index in [2.05, 4.69) is 35.1 Å². The third-order valence-electron chi connectivity index (χ3n) is 2.63. The monoisotopic (exact) mass is 323 g/mol. The van der Waals surface area contributed by atoms with Crippen LogP contribution in [0.4, 0.5) is 5.69 Å². The number of nitrogens with one attached hydrogen (secondary N) is 1. The van der Waals surface area contributed by atoms with Crippen molar-refractivity contribution in [3.05, 3.63) is 50.6 Å². The molecule has 0 atom stereocenters. The Morgan fingerprint density at radius 1 is 1.17 bits per heavy atom. The van der Waals surface area contributed by atoms with Gasteiger partial charge in [0.2, 0.25) is 0 Å². The highest BCUT2D eigenvalue weighted by Crippen LogP contribution is 2.23. The van der Waals surface area contributed by atoms with Crippen LogP contribution in [0.2, 0.25) is 0 Å². The van der Waals surface area contributed by atoms with Crippen molar-refractivity contribution in [2.24, 2.45) is 0 Å². The number of carbonyl (C=O) groups is 1. The molecular weight excluding hydrogens is 310 g/mol. The molecule has 0 saturated heterocycles. The molecule has 0 radical (unpaired) electrons. The lowest BCUT2D eigenvalue weighted by molar-refractivity contribution is 0.103. The maximum Gasteiger partial charge on any atom is 0.265 e. The Morgan fingerprint density at radius 3 is 2.33 bits per heavy atom. The lowest BCUT2D eigenvalue weighted by Gasteiger charge is -2.07. The summed E-state index contributed by atoms with van der Waals surface area (Å²) in [6.07, 6.45) is 0. The van der Waals surface area contributed by atoms with Gasteiger partial charge in [-0.2, -0.15) is 0 Å². The molecule has 0 bridgehead atoms. The Bertz CT molecular complexity index is 545. The van der Waals surface area contributed by atoms with Crippen LogP contribution in [-0.2, 0) is 0 Å². The van der Waals surface area contributed by atoms with E-state index in [1.54, 1.807) is 0 Å². The molecule has 1 aromatic heterocycles. The molecule has 18 heavy (non-hydrogen) atoms. The van der Waals surface area contributed by atoms with Crippen molar-refractivity contribution in [1.82, 2.24) is 0 Å². The SMILES string of the molecule is CC(C)c1ccc(NC(=O)c2ccc(Br)s2)cc1. The van der Waals surface area contributed by atoms with Gasteiger partial charge in [0.05, 0.1) is 8.66 Å². The van der Waals surface area contributed by atoms with Crippen LogP contribution in [0.3, 0.4) is 0 Å². The van der Waals surface area contributed by atoms with E-state index in [9.17, 15) is 4.79 Å². The van der Waals surface area contributed by atoms with Crippen LogP contribution in [0.5, 0.6) is 0 Å². The molecule has 0 aliphatic rings. The Balaban J connectivity index is 2.07. The molecule has 0 fully saturated rings. The second-order valence-corrected chi connectivity index (χ2v) is 6.80. The van der Waals surface area contributed by atoms with Crippen LogP contribution in [-0.4, -0.2) is 5.91 Å². The summed E-state index contributed by atoms with van der Waals surface area (Å²) in [7, 11) is 0. The van der Waals surface area contributed by atoms with Crippen molar-refractivity contribution in [3.8, 4) is 0 Å². The van der Waals surface area contributed by atoms with Gasteiger partial charge >= 0.3 is 0 Å². The average Bonchev–Trinajstić information content (AvgIpc) is 2.76. The smallest absolute Gasteiger partial charge is 0.265 e. The molecule has 1 heterocycles. The van der Waals surface area contributed by atoms with Gasteiger partial charge in [-0.1, -0.05) is 26.0 Å². The molecule has 2 nitrogen and oxygen atoms in total. The van der Waals surface area contributed by atoms with E-state index in [4.69, 9.17) is 0 Å². The molecule has 0 aliphatic heterocycles. The van der Waals surface area contributed by atoms with Gasteiger partial charge in [0.1, 0.15) is 0 Å². The van der Waals surface area contributed by atoms with Gasteiger partial charge in [-0.15, -0.1) is 11.3 Å². The van der Waals surface area contributed by atoms with Gasteiger partial charge in [0, 0.05) is 5.69 Å². The average molecular weight is 324 g/mol. The zero-order valence-corrected chi connectivity index (χ0v) is 12.6. The third-order valence-corrected chi connectivity index (χ3v) is 4.25.